The Kier molecular flexibility index (Phi) is 8.18. The summed E-state index contributed by atoms with van der Waals surface area (Å²) in [5, 5.41) is 1.42. The minimum absolute atomic E-state index is 0.0711. The van der Waals surface area contributed by atoms with Gasteiger partial charge in [-0.05, 0) is 60.9 Å². The minimum atomic E-state index is -0.497. The Labute approximate surface area is 201 Å². The van der Waals surface area contributed by atoms with Crippen LogP contribution in [-0.2, 0) is 4.79 Å². The fourth-order valence-corrected chi connectivity index (χ4v) is 5.98. The Balaban J connectivity index is 2.21. The monoisotopic (exact) mass is 475 g/mol. The molecule has 2 nitrogen and oxygen atoms in total. The minimum Gasteiger partial charge on any atom is -0.331 e. The van der Waals surface area contributed by atoms with Gasteiger partial charge >= 0.3 is 0 Å². The van der Waals surface area contributed by atoms with Crippen LogP contribution < -0.4 is 0 Å². The fraction of sp³-hybridized carbons (Fsp3) is 0.423. The van der Waals surface area contributed by atoms with Gasteiger partial charge in [-0.15, -0.1) is 6.58 Å². The van der Waals surface area contributed by atoms with Crippen molar-refractivity contribution in [3.05, 3.63) is 82.4 Å². The Morgan fingerprint density at radius 3 is 2.48 bits per heavy atom. The normalized spacial score (nSPS) is 24.8. The number of allylic oxidation sites excluding steroid dienone is 1. The third-order valence-electron chi connectivity index (χ3n) is 6.41. The molecular formula is C26H31Cl2NOS. The van der Waals surface area contributed by atoms with Crippen LogP contribution in [0.3, 0.4) is 0 Å². The zero-order valence-electron chi connectivity index (χ0n) is 18.5. The highest BCUT2D eigenvalue weighted by atomic mass is 35.5. The quantitative estimate of drug-likeness (QED) is 0.363. The van der Waals surface area contributed by atoms with E-state index in [1.54, 1.807) is 11.8 Å². The van der Waals surface area contributed by atoms with Gasteiger partial charge in [-0.2, -0.15) is 11.8 Å². The van der Waals surface area contributed by atoms with Gasteiger partial charge in [0.25, 0.3) is 0 Å². The Morgan fingerprint density at radius 1 is 1.19 bits per heavy atom. The van der Waals surface area contributed by atoms with Gasteiger partial charge < -0.3 is 4.90 Å². The van der Waals surface area contributed by atoms with E-state index >= 15 is 0 Å². The van der Waals surface area contributed by atoms with Crippen LogP contribution in [0.1, 0.15) is 56.2 Å². The maximum absolute atomic E-state index is 14.0. The summed E-state index contributed by atoms with van der Waals surface area (Å²) in [7, 11) is 0. The zero-order chi connectivity index (χ0) is 22.6. The van der Waals surface area contributed by atoms with E-state index in [1.807, 2.05) is 36.4 Å². The van der Waals surface area contributed by atoms with Crippen LogP contribution in [0, 0.1) is 5.41 Å². The van der Waals surface area contributed by atoms with Gasteiger partial charge in [0, 0.05) is 27.8 Å². The van der Waals surface area contributed by atoms with Crippen molar-refractivity contribution in [3.63, 3.8) is 0 Å². The highest BCUT2D eigenvalue weighted by Gasteiger charge is 2.50. The number of likely N-dealkylation sites (tertiary alicyclic amines) is 1. The van der Waals surface area contributed by atoms with Gasteiger partial charge in [0.2, 0.25) is 5.91 Å². The van der Waals surface area contributed by atoms with Crippen LogP contribution in [0.2, 0.25) is 10.0 Å². The molecule has 31 heavy (non-hydrogen) atoms. The van der Waals surface area contributed by atoms with Crippen molar-refractivity contribution in [2.24, 2.45) is 5.41 Å². The summed E-state index contributed by atoms with van der Waals surface area (Å²) in [6.45, 7) is 8.21. The smallest absolute Gasteiger partial charge is 0.229 e. The average molecular weight is 477 g/mol. The SMILES string of the molecule is C=CC[C@@]1(C)CC(c2cccc(Cl)c2)[C@@H](c2ccc(Cl)cc2)N(C(CC)CSC)C1=O. The predicted molar refractivity (Wildman–Crippen MR) is 135 cm³/mol. The fourth-order valence-electron chi connectivity index (χ4n) is 4.88. The lowest BCUT2D eigenvalue weighted by atomic mass is 9.67. The van der Waals surface area contributed by atoms with E-state index in [1.165, 1.54) is 5.56 Å². The summed E-state index contributed by atoms with van der Waals surface area (Å²) in [4.78, 5) is 16.2. The second-order valence-electron chi connectivity index (χ2n) is 8.65. The molecule has 0 spiro atoms. The first-order valence-corrected chi connectivity index (χ1v) is 12.9. The Bertz CT molecular complexity index is 916. The summed E-state index contributed by atoms with van der Waals surface area (Å²) in [5.41, 5.74) is 1.78. The molecule has 0 saturated carbocycles. The number of benzene rings is 2. The van der Waals surface area contributed by atoms with Crippen molar-refractivity contribution < 1.29 is 4.79 Å². The molecule has 1 heterocycles. The number of rotatable bonds is 8. The van der Waals surface area contributed by atoms with Crippen LogP contribution in [-0.4, -0.2) is 28.9 Å². The number of nitrogens with zero attached hydrogens (tertiary/aromatic N) is 1. The molecule has 2 unspecified atom stereocenters. The van der Waals surface area contributed by atoms with E-state index in [0.717, 1.165) is 29.2 Å². The second-order valence-corrected chi connectivity index (χ2v) is 10.4. The summed E-state index contributed by atoms with van der Waals surface area (Å²) in [6.07, 6.45) is 6.29. The first-order chi connectivity index (χ1) is 14.8. The lowest BCUT2D eigenvalue weighted by Crippen LogP contribution is -2.56. The molecule has 1 fully saturated rings. The molecule has 1 aliphatic heterocycles. The topological polar surface area (TPSA) is 20.3 Å². The number of hydrogen-bond donors (Lipinski definition) is 0. The molecule has 3 rings (SSSR count). The molecule has 0 bridgehead atoms. The maximum Gasteiger partial charge on any atom is 0.229 e. The van der Waals surface area contributed by atoms with E-state index in [9.17, 15) is 4.79 Å². The molecule has 2 aromatic rings. The second kappa shape index (κ2) is 10.5. The van der Waals surface area contributed by atoms with E-state index in [-0.39, 0.29) is 23.9 Å². The number of halogens is 2. The van der Waals surface area contributed by atoms with Crippen molar-refractivity contribution >= 4 is 40.9 Å². The average Bonchev–Trinajstić information content (AvgIpc) is 2.75. The van der Waals surface area contributed by atoms with E-state index < -0.39 is 5.41 Å². The van der Waals surface area contributed by atoms with Crippen molar-refractivity contribution in [2.75, 3.05) is 12.0 Å². The number of carbonyl (C=O) groups excluding carboxylic acids is 1. The molecule has 0 aliphatic carbocycles. The van der Waals surface area contributed by atoms with Crippen LogP contribution in [0.4, 0.5) is 0 Å². The van der Waals surface area contributed by atoms with Crippen molar-refractivity contribution in [1.82, 2.24) is 4.90 Å². The molecule has 166 valence electrons. The van der Waals surface area contributed by atoms with E-state index in [4.69, 9.17) is 23.2 Å². The number of carbonyl (C=O) groups is 1. The van der Waals surface area contributed by atoms with Crippen LogP contribution in [0.5, 0.6) is 0 Å². The van der Waals surface area contributed by atoms with Crippen molar-refractivity contribution in [3.8, 4) is 0 Å². The van der Waals surface area contributed by atoms with E-state index in [0.29, 0.717) is 11.4 Å². The molecule has 4 atom stereocenters. The molecule has 0 N–H and O–H groups in total. The summed E-state index contributed by atoms with van der Waals surface area (Å²) >= 11 is 14.4. The molecule has 0 radical (unpaired) electrons. The van der Waals surface area contributed by atoms with Crippen LogP contribution in [0.15, 0.2) is 61.2 Å². The predicted octanol–water partition coefficient (Wildman–Crippen LogP) is 7.77. The standard InChI is InChI=1S/C26H31Cl2NOS/c1-5-14-26(3)16-23(19-8-7-9-21(28)15-19)24(18-10-12-20(27)13-11-18)29(25(26)30)22(6-2)17-31-4/h5,7-13,15,22-24H,1,6,14,16-17H2,2-4H3/t22?,23?,24-,26+/m1/s1. The molecule has 1 amide bonds. The van der Waals surface area contributed by atoms with Gasteiger partial charge in [-0.25, -0.2) is 0 Å². The van der Waals surface area contributed by atoms with Gasteiger partial charge in [-0.1, -0.05) is 67.4 Å². The van der Waals surface area contributed by atoms with Crippen molar-refractivity contribution in [2.45, 2.75) is 51.1 Å². The highest BCUT2D eigenvalue weighted by Crippen LogP contribution is 2.52. The molecule has 2 aromatic carbocycles. The molecular weight excluding hydrogens is 445 g/mol. The van der Waals surface area contributed by atoms with Crippen LogP contribution >= 0.6 is 35.0 Å². The number of thioether (sulfide) groups is 1. The number of amides is 1. The zero-order valence-corrected chi connectivity index (χ0v) is 20.8. The summed E-state index contributed by atoms with van der Waals surface area (Å²) in [5.74, 6) is 1.24. The first kappa shape index (κ1) is 24.2. The van der Waals surface area contributed by atoms with Gasteiger partial charge in [-0.3, -0.25) is 4.79 Å². The molecule has 5 heteroatoms. The maximum atomic E-state index is 14.0. The third-order valence-corrected chi connectivity index (χ3v) is 7.61. The molecule has 0 aromatic heterocycles. The van der Waals surface area contributed by atoms with E-state index in [2.05, 4.69) is 49.8 Å². The molecule has 1 aliphatic rings. The van der Waals surface area contributed by atoms with Gasteiger partial charge in [0.1, 0.15) is 0 Å². The molecule has 1 saturated heterocycles. The van der Waals surface area contributed by atoms with Gasteiger partial charge in [0.05, 0.1) is 11.5 Å². The summed E-state index contributed by atoms with van der Waals surface area (Å²) in [6, 6.07) is 16.1. The first-order valence-electron chi connectivity index (χ1n) is 10.8. The lowest BCUT2D eigenvalue weighted by molar-refractivity contribution is -0.153. The highest BCUT2D eigenvalue weighted by molar-refractivity contribution is 7.98. The third kappa shape index (κ3) is 5.16. The van der Waals surface area contributed by atoms with Crippen molar-refractivity contribution in [1.29, 1.82) is 0 Å². The number of piperidine rings is 1. The van der Waals surface area contributed by atoms with Gasteiger partial charge in [0.15, 0.2) is 0 Å². The number of hydrogen-bond acceptors (Lipinski definition) is 2. The largest absolute Gasteiger partial charge is 0.331 e. The summed E-state index contributed by atoms with van der Waals surface area (Å²) < 4.78 is 0. The Hall–Kier alpha value is -1.42. The Morgan fingerprint density at radius 2 is 1.90 bits per heavy atom. The lowest BCUT2D eigenvalue weighted by Gasteiger charge is -2.52. The van der Waals surface area contributed by atoms with Crippen LogP contribution in [0.25, 0.3) is 0 Å².